The fourth-order valence-corrected chi connectivity index (χ4v) is 4.18. The Morgan fingerprint density at radius 3 is 2.71 bits per heavy atom. The molecule has 17 heavy (non-hydrogen) atoms. The van der Waals surface area contributed by atoms with Gasteiger partial charge < -0.3 is 5.32 Å². The largest absolute Gasteiger partial charge is 0.317 e. The zero-order chi connectivity index (χ0) is 12.5. The van der Waals surface area contributed by atoms with Crippen molar-refractivity contribution in [1.82, 2.24) is 5.32 Å². The van der Waals surface area contributed by atoms with Gasteiger partial charge in [-0.1, -0.05) is 6.07 Å². The Hall–Kier alpha value is -0.940. The van der Waals surface area contributed by atoms with E-state index >= 15 is 0 Å². The van der Waals surface area contributed by atoms with Crippen LogP contribution in [0.5, 0.6) is 0 Å². The average molecular weight is 257 g/mol. The van der Waals surface area contributed by atoms with E-state index < -0.39 is 15.7 Å². The lowest BCUT2D eigenvalue weighted by Crippen LogP contribution is -2.25. The van der Waals surface area contributed by atoms with Crippen molar-refractivity contribution in [3.05, 3.63) is 30.1 Å². The fourth-order valence-electron chi connectivity index (χ4n) is 2.32. The molecule has 1 aliphatic rings. The molecular weight excluding hydrogens is 241 g/mol. The van der Waals surface area contributed by atoms with E-state index in [9.17, 15) is 12.8 Å². The van der Waals surface area contributed by atoms with Crippen LogP contribution in [0.1, 0.15) is 19.3 Å². The summed E-state index contributed by atoms with van der Waals surface area (Å²) < 4.78 is 37.6. The van der Waals surface area contributed by atoms with Crippen molar-refractivity contribution in [3.63, 3.8) is 0 Å². The van der Waals surface area contributed by atoms with Gasteiger partial charge in [-0.25, -0.2) is 12.8 Å². The monoisotopic (exact) mass is 257 g/mol. The predicted octanol–water partition coefficient (Wildman–Crippen LogP) is 1.74. The normalized spacial score (nSPS) is 25.1. The molecule has 3 nitrogen and oxygen atoms in total. The second-order valence-corrected chi connectivity index (χ2v) is 6.65. The molecular formula is C12H16FNO2S. The highest BCUT2D eigenvalue weighted by atomic mass is 32.2. The average Bonchev–Trinajstić information content (AvgIpc) is 2.78. The van der Waals surface area contributed by atoms with Crippen LogP contribution in [0.3, 0.4) is 0 Å². The molecule has 0 saturated heterocycles. The Labute approximate surface area is 101 Å². The molecule has 1 aromatic carbocycles. The zero-order valence-corrected chi connectivity index (χ0v) is 10.5. The third kappa shape index (κ3) is 2.50. The highest BCUT2D eigenvalue weighted by molar-refractivity contribution is 7.92. The molecule has 0 spiro atoms. The van der Waals surface area contributed by atoms with Crippen molar-refractivity contribution in [3.8, 4) is 0 Å². The van der Waals surface area contributed by atoms with Crippen LogP contribution in [-0.2, 0) is 9.84 Å². The summed E-state index contributed by atoms with van der Waals surface area (Å²) in [5.74, 6) is -0.505. The van der Waals surface area contributed by atoms with E-state index in [4.69, 9.17) is 0 Å². The first-order valence-electron chi connectivity index (χ1n) is 5.71. The van der Waals surface area contributed by atoms with E-state index in [2.05, 4.69) is 5.32 Å². The van der Waals surface area contributed by atoms with Crippen LogP contribution < -0.4 is 5.32 Å². The molecule has 94 valence electrons. The van der Waals surface area contributed by atoms with Crippen molar-refractivity contribution in [2.45, 2.75) is 35.4 Å². The summed E-state index contributed by atoms with van der Waals surface area (Å²) in [7, 11) is -1.55. The van der Waals surface area contributed by atoms with Gasteiger partial charge in [-0.3, -0.25) is 0 Å². The van der Waals surface area contributed by atoms with Gasteiger partial charge in [-0.2, -0.15) is 0 Å². The van der Waals surface area contributed by atoms with Crippen molar-refractivity contribution in [1.29, 1.82) is 0 Å². The number of hydrogen-bond donors (Lipinski definition) is 1. The van der Waals surface area contributed by atoms with Gasteiger partial charge in [0.25, 0.3) is 0 Å². The number of sulfone groups is 1. The number of rotatable bonds is 3. The SMILES string of the molecule is CNC1CCC(S(=O)(=O)c2cccc(F)c2)C1. The maximum absolute atomic E-state index is 13.1. The van der Waals surface area contributed by atoms with Gasteiger partial charge in [0.1, 0.15) is 5.82 Å². The second kappa shape index (κ2) is 4.74. The topological polar surface area (TPSA) is 46.2 Å². The van der Waals surface area contributed by atoms with Gasteiger partial charge in [-0.15, -0.1) is 0 Å². The number of halogens is 1. The molecule has 1 saturated carbocycles. The lowest BCUT2D eigenvalue weighted by atomic mass is 10.3. The molecule has 2 atom stereocenters. The summed E-state index contributed by atoms with van der Waals surface area (Å²) in [6.07, 6.45) is 2.11. The Morgan fingerprint density at radius 2 is 2.12 bits per heavy atom. The summed E-state index contributed by atoms with van der Waals surface area (Å²) in [6, 6.07) is 5.51. The number of hydrogen-bond acceptors (Lipinski definition) is 3. The van der Waals surface area contributed by atoms with Crippen molar-refractivity contribution < 1.29 is 12.8 Å². The third-order valence-corrected chi connectivity index (χ3v) is 5.57. The van der Waals surface area contributed by atoms with Crippen LogP contribution in [-0.4, -0.2) is 26.8 Å². The fraction of sp³-hybridized carbons (Fsp3) is 0.500. The summed E-state index contributed by atoms with van der Waals surface area (Å²) in [4.78, 5) is 0.0965. The molecule has 5 heteroatoms. The second-order valence-electron chi connectivity index (χ2n) is 4.42. The van der Waals surface area contributed by atoms with Gasteiger partial charge in [0.2, 0.25) is 0 Å². The Morgan fingerprint density at radius 1 is 1.35 bits per heavy atom. The van der Waals surface area contributed by atoms with Gasteiger partial charge >= 0.3 is 0 Å². The highest BCUT2D eigenvalue weighted by Gasteiger charge is 2.34. The molecule has 0 aliphatic heterocycles. The van der Waals surface area contributed by atoms with Crippen LogP contribution in [0.2, 0.25) is 0 Å². The minimum atomic E-state index is -3.38. The summed E-state index contributed by atoms with van der Waals surface area (Å²) in [5, 5.41) is 2.70. The van der Waals surface area contributed by atoms with Gasteiger partial charge in [-0.05, 0) is 44.5 Å². The van der Waals surface area contributed by atoms with E-state index in [-0.39, 0.29) is 16.2 Å². The first-order chi connectivity index (χ1) is 8.04. The van der Waals surface area contributed by atoms with Crippen LogP contribution in [0.4, 0.5) is 4.39 Å². The molecule has 0 bridgehead atoms. The van der Waals surface area contributed by atoms with Gasteiger partial charge in [0, 0.05) is 6.04 Å². The van der Waals surface area contributed by atoms with Crippen LogP contribution in [0.25, 0.3) is 0 Å². The molecule has 1 N–H and O–H groups in total. The first kappa shape index (κ1) is 12.5. The van der Waals surface area contributed by atoms with E-state index in [1.165, 1.54) is 18.2 Å². The number of nitrogens with one attached hydrogen (secondary N) is 1. The molecule has 0 heterocycles. The molecule has 1 fully saturated rings. The summed E-state index contributed by atoms with van der Waals surface area (Å²) >= 11 is 0. The third-order valence-electron chi connectivity index (χ3n) is 3.36. The van der Waals surface area contributed by atoms with Crippen LogP contribution in [0.15, 0.2) is 29.2 Å². The molecule has 1 aromatic rings. The van der Waals surface area contributed by atoms with E-state index in [0.717, 1.165) is 12.5 Å². The van der Waals surface area contributed by atoms with Crippen LogP contribution >= 0.6 is 0 Å². The smallest absolute Gasteiger partial charge is 0.181 e. The van der Waals surface area contributed by atoms with E-state index in [1.807, 2.05) is 7.05 Å². The molecule has 0 amide bonds. The molecule has 0 aromatic heterocycles. The lowest BCUT2D eigenvalue weighted by molar-refractivity contribution is 0.562. The minimum absolute atomic E-state index is 0.0965. The standard InChI is InChI=1S/C12H16FNO2S/c1-14-10-5-6-12(8-10)17(15,16)11-4-2-3-9(13)7-11/h2-4,7,10,12,14H,5-6,8H2,1H3. The van der Waals surface area contributed by atoms with Gasteiger partial charge in [0.05, 0.1) is 10.1 Å². The van der Waals surface area contributed by atoms with Crippen molar-refractivity contribution in [2.75, 3.05) is 7.05 Å². The van der Waals surface area contributed by atoms with Gasteiger partial charge in [0.15, 0.2) is 9.84 Å². The Kier molecular flexibility index (Phi) is 3.49. The minimum Gasteiger partial charge on any atom is -0.317 e. The predicted molar refractivity (Wildman–Crippen MR) is 64.1 cm³/mol. The van der Waals surface area contributed by atoms with Crippen molar-refractivity contribution in [2.24, 2.45) is 0 Å². The maximum Gasteiger partial charge on any atom is 0.181 e. The lowest BCUT2D eigenvalue weighted by Gasteiger charge is -2.12. The van der Waals surface area contributed by atoms with E-state index in [1.54, 1.807) is 0 Å². The van der Waals surface area contributed by atoms with E-state index in [0.29, 0.717) is 12.8 Å². The summed E-state index contributed by atoms with van der Waals surface area (Å²) in [5.41, 5.74) is 0. The van der Waals surface area contributed by atoms with Crippen molar-refractivity contribution >= 4 is 9.84 Å². The zero-order valence-electron chi connectivity index (χ0n) is 9.69. The maximum atomic E-state index is 13.1. The quantitative estimate of drug-likeness (QED) is 0.897. The first-order valence-corrected chi connectivity index (χ1v) is 7.25. The molecule has 2 rings (SSSR count). The van der Waals surface area contributed by atoms with Crippen LogP contribution in [0, 0.1) is 5.82 Å². The Bertz CT molecular complexity index is 501. The number of benzene rings is 1. The Balaban J connectivity index is 2.25. The molecule has 1 aliphatic carbocycles. The molecule has 2 unspecified atom stereocenters. The molecule has 0 radical (unpaired) electrons. The summed E-state index contributed by atoms with van der Waals surface area (Å²) in [6.45, 7) is 0. The highest BCUT2D eigenvalue weighted by Crippen LogP contribution is 2.29.